The van der Waals surface area contributed by atoms with Gasteiger partial charge in [0.2, 0.25) is 0 Å². The Morgan fingerprint density at radius 1 is 1.19 bits per heavy atom. The lowest BCUT2D eigenvalue weighted by Crippen LogP contribution is -2.03. The Labute approximate surface area is 154 Å². The number of carboxylic acid groups (broad SMARTS) is 1. The molecule has 26 heavy (non-hydrogen) atoms. The minimum atomic E-state index is -0.995. The maximum absolute atomic E-state index is 11.0. The molecule has 0 aliphatic rings. The Hall–Kier alpha value is -3.42. The van der Waals surface area contributed by atoms with Crippen molar-refractivity contribution in [2.45, 2.75) is 20.4 Å². The summed E-state index contributed by atoms with van der Waals surface area (Å²) in [5.74, 6) is -0.995. The number of hydrogen-bond donors (Lipinski definition) is 1. The van der Waals surface area contributed by atoms with Crippen LogP contribution in [0, 0.1) is 36.5 Å². The number of nitrogens with zero attached hydrogens (tertiary/aromatic N) is 4. The molecule has 3 aromatic rings. The SMILES string of the molecule is Cc1c(C#N)c(-c2ccc(C#N)cc2)c(C)n1Cc1ncc(C(=O)O)s1. The number of carboxylic acids is 1. The molecule has 0 bridgehead atoms. The average Bonchev–Trinajstić information content (AvgIpc) is 3.20. The van der Waals surface area contributed by atoms with Gasteiger partial charge in [-0.15, -0.1) is 11.3 Å². The average molecular weight is 362 g/mol. The van der Waals surface area contributed by atoms with Crippen LogP contribution in [0.1, 0.15) is 37.2 Å². The number of thiazole rings is 1. The summed E-state index contributed by atoms with van der Waals surface area (Å²) in [5, 5.41) is 28.3. The number of benzene rings is 1. The lowest BCUT2D eigenvalue weighted by atomic mass is 10.0. The number of aromatic nitrogens is 2. The molecule has 0 atom stereocenters. The molecule has 0 aliphatic carbocycles. The van der Waals surface area contributed by atoms with Crippen LogP contribution < -0.4 is 0 Å². The van der Waals surface area contributed by atoms with Gasteiger partial charge in [0, 0.05) is 17.0 Å². The van der Waals surface area contributed by atoms with E-state index in [0.717, 1.165) is 33.9 Å². The van der Waals surface area contributed by atoms with Gasteiger partial charge in [-0.25, -0.2) is 9.78 Å². The predicted molar refractivity (Wildman–Crippen MR) is 96.9 cm³/mol. The molecule has 0 unspecified atom stereocenters. The van der Waals surface area contributed by atoms with Gasteiger partial charge in [0.15, 0.2) is 0 Å². The fourth-order valence-corrected chi connectivity index (χ4v) is 3.69. The highest BCUT2D eigenvalue weighted by molar-refractivity contribution is 7.13. The van der Waals surface area contributed by atoms with E-state index in [2.05, 4.69) is 17.1 Å². The minimum absolute atomic E-state index is 0.190. The van der Waals surface area contributed by atoms with Crippen LogP contribution in [0.15, 0.2) is 30.5 Å². The molecule has 0 fully saturated rings. The first-order valence-corrected chi connectivity index (χ1v) is 8.56. The van der Waals surface area contributed by atoms with Crippen molar-refractivity contribution >= 4 is 17.3 Å². The molecule has 0 aliphatic heterocycles. The molecule has 0 saturated heterocycles. The van der Waals surface area contributed by atoms with E-state index in [-0.39, 0.29) is 4.88 Å². The first-order chi connectivity index (χ1) is 12.5. The summed E-state index contributed by atoms with van der Waals surface area (Å²) in [7, 11) is 0. The highest BCUT2D eigenvalue weighted by Crippen LogP contribution is 2.33. The summed E-state index contributed by atoms with van der Waals surface area (Å²) < 4.78 is 1.97. The molecule has 7 heteroatoms. The van der Waals surface area contributed by atoms with Crippen molar-refractivity contribution in [2.24, 2.45) is 0 Å². The first-order valence-electron chi connectivity index (χ1n) is 7.74. The largest absolute Gasteiger partial charge is 0.477 e. The molecule has 0 amide bonds. The van der Waals surface area contributed by atoms with E-state index in [0.29, 0.717) is 22.7 Å². The van der Waals surface area contributed by atoms with Crippen molar-refractivity contribution in [3.8, 4) is 23.3 Å². The number of hydrogen-bond acceptors (Lipinski definition) is 5. The van der Waals surface area contributed by atoms with Crippen molar-refractivity contribution in [3.63, 3.8) is 0 Å². The highest BCUT2D eigenvalue weighted by atomic mass is 32.1. The zero-order valence-electron chi connectivity index (χ0n) is 14.1. The van der Waals surface area contributed by atoms with Crippen LogP contribution in [0.2, 0.25) is 0 Å². The Morgan fingerprint density at radius 2 is 1.88 bits per heavy atom. The predicted octanol–water partition coefficient (Wildman–Crippen LogP) is 3.72. The number of rotatable bonds is 4. The lowest BCUT2D eigenvalue weighted by molar-refractivity contribution is 0.0702. The lowest BCUT2D eigenvalue weighted by Gasteiger charge is -2.07. The number of nitriles is 2. The molecule has 2 aromatic heterocycles. The fraction of sp³-hybridized carbons (Fsp3) is 0.158. The van der Waals surface area contributed by atoms with Gasteiger partial charge >= 0.3 is 5.97 Å². The van der Waals surface area contributed by atoms with Gasteiger partial charge in [-0.3, -0.25) is 0 Å². The van der Waals surface area contributed by atoms with Gasteiger partial charge in [0.1, 0.15) is 16.0 Å². The summed E-state index contributed by atoms with van der Waals surface area (Å²) in [6, 6.07) is 11.5. The van der Waals surface area contributed by atoms with Crippen molar-refractivity contribution in [1.29, 1.82) is 10.5 Å². The van der Waals surface area contributed by atoms with Crippen LogP contribution in [-0.2, 0) is 6.54 Å². The summed E-state index contributed by atoms with van der Waals surface area (Å²) in [6.45, 7) is 4.19. The zero-order chi connectivity index (χ0) is 18.8. The number of carbonyl (C=O) groups is 1. The molecule has 6 nitrogen and oxygen atoms in total. The van der Waals surface area contributed by atoms with Crippen LogP contribution in [-0.4, -0.2) is 20.6 Å². The molecule has 1 N–H and O–H groups in total. The van der Waals surface area contributed by atoms with Crippen LogP contribution in [0.5, 0.6) is 0 Å². The van der Waals surface area contributed by atoms with Gasteiger partial charge in [-0.1, -0.05) is 12.1 Å². The second-order valence-electron chi connectivity index (χ2n) is 5.73. The van der Waals surface area contributed by atoms with Crippen molar-refractivity contribution < 1.29 is 9.90 Å². The van der Waals surface area contributed by atoms with E-state index in [1.807, 2.05) is 30.5 Å². The number of aromatic carboxylic acids is 1. The first kappa shape index (κ1) is 17.4. The van der Waals surface area contributed by atoms with Gasteiger partial charge in [0.25, 0.3) is 0 Å². The standard InChI is InChI=1S/C19H14N4O2S/c1-11-15(8-21)18(14-5-3-13(7-20)4-6-14)12(2)23(11)10-17-22-9-16(26-17)19(24)25/h3-6,9H,10H2,1-2H3,(H,24,25). The second kappa shape index (κ2) is 6.83. The Morgan fingerprint density at radius 3 is 2.42 bits per heavy atom. The Kier molecular flexibility index (Phi) is 4.57. The van der Waals surface area contributed by atoms with Gasteiger partial charge in [-0.2, -0.15) is 10.5 Å². The third kappa shape index (κ3) is 2.97. The molecule has 3 rings (SSSR count). The van der Waals surface area contributed by atoms with E-state index in [1.54, 1.807) is 12.1 Å². The summed E-state index contributed by atoms with van der Waals surface area (Å²) >= 11 is 1.13. The second-order valence-corrected chi connectivity index (χ2v) is 6.85. The van der Waals surface area contributed by atoms with Crippen LogP contribution in [0.25, 0.3) is 11.1 Å². The summed E-state index contributed by atoms with van der Waals surface area (Å²) in [6.07, 6.45) is 1.35. The third-order valence-corrected chi connectivity index (χ3v) is 5.23. The van der Waals surface area contributed by atoms with E-state index >= 15 is 0 Å². The van der Waals surface area contributed by atoms with Crippen molar-refractivity contribution in [1.82, 2.24) is 9.55 Å². The monoisotopic (exact) mass is 362 g/mol. The molecule has 0 saturated carbocycles. The quantitative estimate of drug-likeness (QED) is 0.762. The van der Waals surface area contributed by atoms with E-state index < -0.39 is 5.97 Å². The van der Waals surface area contributed by atoms with Crippen LogP contribution in [0.3, 0.4) is 0 Å². The van der Waals surface area contributed by atoms with Crippen molar-refractivity contribution in [2.75, 3.05) is 0 Å². The molecule has 0 radical (unpaired) electrons. The smallest absolute Gasteiger partial charge is 0.347 e. The third-order valence-electron chi connectivity index (χ3n) is 4.26. The molecular weight excluding hydrogens is 348 g/mol. The van der Waals surface area contributed by atoms with E-state index in [4.69, 9.17) is 10.4 Å². The van der Waals surface area contributed by atoms with Gasteiger partial charge < -0.3 is 9.67 Å². The van der Waals surface area contributed by atoms with E-state index in [1.165, 1.54) is 6.20 Å². The maximum Gasteiger partial charge on any atom is 0.347 e. The Bertz CT molecular complexity index is 1080. The molecule has 128 valence electrons. The van der Waals surface area contributed by atoms with Crippen LogP contribution in [0.4, 0.5) is 0 Å². The van der Waals surface area contributed by atoms with Crippen molar-refractivity contribution in [3.05, 3.63) is 62.9 Å². The minimum Gasteiger partial charge on any atom is -0.477 e. The zero-order valence-corrected chi connectivity index (χ0v) is 15.0. The molecule has 2 heterocycles. The summed E-state index contributed by atoms with van der Waals surface area (Å²) in [4.78, 5) is 15.4. The molecule has 1 aromatic carbocycles. The Balaban J connectivity index is 2.07. The van der Waals surface area contributed by atoms with Gasteiger partial charge in [0.05, 0.1) is 29.9 Å². The molecule has 0 spiro atoms. The van der Waals surface area contributed by atoms with Crippen LogP contribution >= 0.6 is 11.3 Å². The summed E-state index contributed by atoms with van der Waals surface area (Å²) in [5.41, 5.74) is 4.52. The normalized spacial score (nSPS) is 10.3. The fourth-order valence-electron chi connectivity index (χ4n) is 2.94. The van der Waals surface area contributed by atoms with E-state index in [9.17, 15) is 10.1 Å². The maximum atomic E-state index is 11.0. The van der Waals surface area contributed by atoms with Gasteiger partial charge in [-0.05, 0) is 31.5 Å². The molecular formula is C19H14N4O2S. The highest BCUT2D eigenvalue weighted by Gasteiger charge is 2.20. The topological polar surface area (TPSA) is 103 Å².